The molecule has 2 rings (SSSR count). The molecule has 1 amide bonds. The lowest BCUT2D eigenvalue weighted by Crippen LogP contribution is -2.51. The number of rotatable bonds is 4. The summed E-state index contributed by atoms with van der Waals surface area (Å²) in [4.78, 5) is 25.2. The number of carbonyl (C=O) groups excluding carboxylic acids is 2. The maximum absolute atomic E-state index is 12.0. The van der Waals surface area contributed by atoms with E-state index in [1.807, 2.05) is 0 Å². The highest BCUT2D eigenvalue weighted by Crippen LogP contribution is 2.16. The minimum Gasteiger partial charge on any atom is -0.507 e. The molecule has 0 aliphatic carbocycles. The van der Waals surface area contributed by atoms with Gasteiger partial charge in [0.1, 0.15) is 11.3 Å². The molecule has 1 aliphatic heterocycles. The van der Waals surface area contributed by atoms with Crippen LogP contribution in [0.1, 0.15) is 10.4 Å². The number of piperazine rings is 1. The van der Waals surface area contributed by atoms with Gasteiger partial charge in [-0.05, 0) is 12.1 Å². The molecule has 8 nitrogen and oxygen atoms in total. The van der Waals surface area contributed by atoms with Crippen LogP contribution in [0.15, 0.2) is 24.3 Å². The second kappa shape index (κ2) is 6.97. The highest BCUT2D eigenvalue weighted by Gasteiger charge is 2.26. The molecule has 0 unspecified atom stereocenters. The number of para-hydroxylation sites is 1. The minimum absolute atomic E-state index is 0.0119. The number of carbonyl (C=O) groups is 2. The van der Waals surface area contributed by atoms with Crippen molar-refractivity contribution < 1.29 is 27.9 Å². The van der Waals surface area contributed by atoms with Crippen molar-refractivity contribution in [2.24, 2.45) is 0 Å². The van der Waals surface area contributed by atoms with Gasteiger partial charge in [0.05, 0.1) is 6.26 Å². The highest BCUT2D eigenvalue weighted by atomic mass is 32.2. The molecule has 9 heteroatoms. The normalized spacial score (nSPS) is 16.1. The smallest absolute Gasteiger partial charge is 0.342 e. The van der Waals surface area contributed by atoms with Crippen molar-refractivity contribution in [2.75, 3.05) is 39.0 Å². The lowest BCUT2D eigenvalue weighted by atomic mass is 10.2. The summed E-state index contributed by atoms with van der Waals surface area (Å²) in [5.41, 5.74) is -0.0119. The van der Waals surface area contributed by atoms with Gasteiger partial charge in [0.25, 0.3) is 5.91 Å². The predicted molar refractivity (Wildman–Crippen MR) is 81.4 cm³/mol. The molecule has 1 aromatic carbocycles. The number of nitrogens with zero attached hydrogens (tertiary/aromatic N) is 2. The molecule has 1 saturated heterocycles. The van der Waals surface area contributed by atoms with E-state index in [4.69, 9.17) is 4.74 Å². The largest absolute Gasteiger partial charge is 0.507 e. The number of phenolic OH excluding ortho intramolecular Hbond substituents is 1. The predicted octanol–water partition coefficient (Wildman–Crippen LogP) is -0.347. The van der Waals surface area contributed by atoms with Crippen molar-refractivity contribution in [1.29, 1.82) is 0 Å². The first kappa shape index (κ1) is 17.2. The van der Waals surface area contributed by atoms with Gasteiger partial charge in [-0.25, -0.2) is 13.2 Å². The van der Waals surface area contributed by atoms with Crippen LogP contribution in [0.25, 0.3) is 0 Å². The number of sulfonamides is 1. The number of benzene rings is 1. The first-order valence-corrected chi connectivity index (χ1v) is 8.82. The zero-order valence-electron chi connectivity index (χ0n) is 12.6. The van der Waals surface area contributed by atoms with Crippen LogP contribution in [0.3, 0.4) is 0 Å². The Morgan fingerprint density at radius 3 is 2.35 bits per heavy atom. The molecular formula is C14H18N2O6S. The van der Waals surface area contributed by atoms with Crippen molar-refractivity contribution in [2.45, 2.75) is 0 Å². The topological polar surface area (TPSA) is 104 Å². The van der Waals surface area contributed by atoms with E-state index in [2.05, 4.69) is 0 Å². The Hall–Kier alpha value is -2.13. The Balaban J connectivity index is 1.84. The van der Waals surface area contributed by atoms with Crippen molar-refractivity contribution in [1.82, 2.24) is 9.21 Å². The Labute approximate surface area is 134 Å². The lowest BCUT2D eigenvalue weighted by molar-refractivity contribution is -0.135. The number of aromatic hydroxyl groups is 1. The van der Waals surface area contributed by atoms with Crippen LogP contribution in [0, 0.1) is 0 Å². The van der Waals surface area contributed by atoms with Gasteiger partial charge < -0.3 is 14.7 Å². The quantitative estimate of drug-likeness (QED) is 0.750. The monoisotopic (exact) mass is 342 g/mol. The van der Waals surface area contributed by atoms with Gasteiger partial charge in [0.2, 0.25) is 10.0 Å². The molecule has 0 radical (unpaired) electrons. The first-order valence-electron chi connectivity index (χ1n) is 6.97. The van der Waals surface area contributed by atoms with E-state index in [0.29, 0.717) is 0 Å². The number of esters is 1. The molecule has 0 atom stereocenters. The molecule has 0 aromatic heterocycles. The fourth-order valence-electron chi connectivity index (χ4n) is 2.21. The molecule has 1 fully saturated rings. The van der Waals surface area contributed by atoms with Gasteiger partial charge >= 0.3 is 5.97 Å². The van der Waals surface area contributed by atoms with Crippen LogP contribution in [-0.2, 0) is 19.6 Å². The molecule has 1 N–H and O–H groups in total. The maximum Gasteiger partial charge on any atom is 0.342 e. The third kappa shape index (κ3) is 4.42. The molecular weight excluding hydrogens is 324 g/mol. The summed E-state index contributed by atoms with van der Waals surface area (Å²) in [5, 5.41) is 9.54. The summed E-state index contributed by atoms with van der Waals surface area (Å²) in [7, 11) is -3.26. The van der Waals surface area contributed by atoms with Crippen LogP contribution < -0.4 is 0 Å². The van der Waals surface area contributed by atoms with E-state index in [1.54, 1.807) is 12.1 Å². The molecule has 1 aromatic rings. The fourth-order valence-corrected chi connectivity index (χ4v) is 3.04. The summed E-state index contributed by atoms with van der Waals surface area (Å²) < 4.78 is 29.0. The zero-order valence-corrected chi connectivity index (χ0v) is 13.5. The molecule has 126 valence electrons. The number of hydrogen-bond acceptors (Lipinski definition) is 6. The Kier molecular flexibility index (Phi) is 5.22. The van der Waals surface area contributed by atoms with E-state index in [-0.39, 0.29) is 37.5 Å². The third-order valence-corrected chi connectivity index (χ3v) is 4.81. The molecule has 23 heavy (non-hydrogen) atoms. The zero-order chi connectivity index (χ0) is 17.0. The minimum atomic E-state index is -3.26. The van der Waals surface area contributed by atoms with Crippen LogP contribution in [0.4, 0.5) is 0 Å². The first-order chi connectivity index (χ1) is 10.8. The summed E-state index contributed by atoms with van der Waals surface area (Å²) in [5.74, 6) is -1.40. The van der Waals surface area contributed by atoms with Crippen molar-refractivity contribution in [3.05, 3.63) is 29.8 Å². The number of amides is 1. The number of phenols is 1. The van der Waals surface area contributed by atoms with Crippen molar-refractivity contribution in [3.63, 3.8) is 0 Å². The van der Waals surface area contributed by atoms with Crippen LogP contribution in [-0.4, -0.2) is 73.6 Å². The summed E-state index contributed by atoms with van der Waals surface area (Å²) in [6, 6.07) is 5.89. The summed E-state index contributed by atoms with van der Waals surface area (Å²) >= 11 is 0. The van der Waals surface area contributed by atoms with E-state index in [1.165, 1.54) is 21.3 Å². The van der Waals surface area contributed by atoms with Gasteiger partial charge in [-0.1, -0.05) is 12.1 Å². The number of hydrogen-bond donors (Lipinski definition) is 1. The maximum atomic E-state index is 12.0. The van der Waals surface area contributed by atoms with Crippen LogP contribution in [0.2, 0.25) is 0 Å². The fraction of sp³-hybridized carbons (Fsp3) is 0.429. The summed E-state index contributed by atoms with van der Waals surface area (Å²) in [6.07, 6.45) is 1.12. The van der Waals surface area contributed by atoms with Crippen molar-refractivity contribution in [3.8, 4) is 5.75 Å². The molecule has 0 spiro atoms. The SMILES string of the molecule is CS(=O)(=O)N1CCN(C(=O)COC(=O)c2ccccc2O)CC1. The Morgan fingerprint density at radius 1 is 1.17 bits per heavy atom. The second-order valence-electron chi connectivity index (χ2n) is 5.14. The van der Waals surface area contributed by atoms with Gasteiger partial charge in [-0.15, -0.1) is 0 Å². The summed E-state index contributed by atoms with van der Waals surface area (Å²) in [6.45, 7) is 0.488. The van der Waals surface area contributed by atoms with E-state index in [0.717, 1.165) is 6.26 Å². The van der Waals surface area contributed by atoms with Gasteiger partial charge in [-0.3, -0.25) is 4.79 Å². The van der Waals surface area contributed by atoms with Crippen LogP contribution in [0.5, 0.6) is 5.75 Å². The second-order valence-corrected chi connectivity index (χ2v) is 7.12. The van der Waals surface area contributed by atoms with Gasteiger partial charge in [0, 0.05) is 26.2 Å². The Bertz CT molecular complexity index is 695. The van der Waals surface area contributed by atoms with Crippen LogP contribution >= 0.6 is 0 Å². The van der Waals surface area contributed by atoms with E-state index >= 15 is 0 Å². The molecule has 1 aliphatic rings. The lowest BCUT2D eigenvalue weighted by Gasteiger charge is -2.33. The van der Waals surface area contributed by atoms with Crippen molar-refractivity contribution >= 4 is 21.9 Å². The van der Waals surface area contributed by atoms with E-state index in [9.17, 15) is 23.1 Å². The Morgan fingerprint density at radius 2 is 1.78 bits per heavy atom. The van der Waals surface area contributed by atoms with E-state index < -0.39 is 28.5 Å². The molecule has 1 heterocycles. The highest BCUT2D eigenvalue weighted by molar-refractivity contribution is 7.88. The molecule has 0 bridgehead atoms. The number of ether oxygens (including phenoxy) is 1. The van der Waals surface area contributed by atoms with Gasteiger partial charge in [0.15, 0.2) is 6.61 Å². The molecule has 0 saturated carbocycles. The standard InChI is InChI=1S/C14H18N2O6S/c1-23(20,21)16-8-6-15(7-9-16)13(18)10-22-14(19)11-4-2-3-5-12(11)17/h2-5,17H,6-10H2,1H3. The third-order valence-electron chi connectivity index (χ3n) is 3.51. The average molecular weight is 342 g/mol. The van der Waals surface area contributed by atoms with Gasteiger partial charge in [-0.2, -0.15) is 4.31 Å². The average Bonchev–Trinajstić information content (AvgIpc) is 2.52.